The van der Waals surface area contributed by atoms with E-state index in [1.54, 1.807) is 0 Å². The Labute approximate surface area is 144 Å². The normalized spacial score (nSPS) is 14.4. The number of amides is 1. The molecule has 0 aliphatic heterocycles. The number of aromatic nitrogens is 2. The fourth-order valence-electron chi connectivity index (χ4n) is 1.97. The van der Waals surface area contributed by atoms with Crippen LogP contribution in [0.15, 0.2) is 32.5 Å². The highest BCUT2D eigenvalue weighted by molar-refractivity contribution is 9.10. The summed E-state index contributed by atoms with van der Waals surface area (Å²) < 4.78 is 18.0. The van der Waals surface area contributed by atoms with Crippen molar-refractivity contribution in [2.45, 2.75) is 19.3 Å². The van der Waals surface area contributed by atoms with Crippen molar-refractivity contribution in [2.24, 2.45) is 11.1 Å². The van der Waals surface area contributed by atoms with Crippen LogP contribution < -0.4 is 10.8 Å². The monoisotopic (exact) mass is 397 g/mol. The van der Waals surface area contributed by atoms with E-state index in [0.717, 1.165) is 19.3 Å². The van der Waals surface area contributed by atoms with Crippen LogP contribution in [0.1, 0.15) is 25.0 Å². The number of nitrogens with one attached hydrogen (secondary N) is 2. The molecule has 2 aromatic rings. The molecule has 126 valence electrons. The van der Waals surface area contributed by atoms with Crippen LogP contribution in [0.5, 0.6) is 0 Å². The van der Waals surface area contributed by atoms with Gasteiger partial charge in [-0.25, -0.2) is 9.02 Å². The van der Waals surface area contributed by atoms with Crippen LogP contribution in [0, 0.1) is 11.7 Å². The minimum Gasteiger partial charge on any atom is -0.306 e. The highest BCUT2D eigenvalue weighted by Gasteiger charge is 2.26. The molecule has 1 aliphatic carbocycles. The number of nitrogens with zero attached hydrogens (tertiary/aromatic N) is 3. The predicted molar refractivity (Wildman–Crippen MR) is 86.7 cm³/mol. The summed E-state index contributed by atoms with van der Waals surface area (Å²) in [4.78, 5) is 16.8. The van der Waals surface area contributed by atoms with Gasteiger partial charge in [0.2, 0.25) is 11.7 Å². The van der Waals surface area contributed by atoms with Crippen molar-refractivity contribution >= 4 is 39.6 Å². The van der Waals surface area contributed by atoms with E-state index in [4.69, 9.17) is 4.94 Å². The zero-order valence-electron chi connectivity index (χ0n) is 12.3. The van der Waals surface area contributed by atoms with Crippen molar-refractivity contribution in [3.63, 3.8) is 0 Å². The van der Waals surface area contributed by atoms with Gasteiger partial charge in [0.15, 0.2) is 5.69 Å². The minimum absolute atomic E-state index is 0.0151. The smallest absolute Gasteiger partial charge is 0.228 e. The molecule has 1 aromatic heterocycles. The van der Waals surface area contributed by atoms with E-state index in [1.165, 1.54) is 24.4 Å². The Morgan fingerprint density at radius 3 is 3.00 bits per heavy atom. The number of anilines is 2. The van der Waals surface area contributed by atoms with Gasteiger partial charge in [-0.3, -0.25) is 9.73 Å². The SMILES string of the molecule is O=C(Nc1nonc1/C=N/ONc1ccc(F)c(Br)c1)C1CCC1. The van der Waals surface area contributed by atoms with Crippen LogP contribution in [0.3, 0.4) is 0 Å². The van der Waals surface area contributed by atoms with Gasteiger partial charge < -0.3 is 5.32 Å². The van der Waals surface area contributed by atoms with Crippen LogP contribution in [-0.4, -0.2) is 22.4 Å². The molecule has 0 bridgehead atoms. The van der Waals surface area contributed by atoms with Crippen molar-refractivity contribution in [1.29, 1.82) is 0 Å². The Kier molecular flexibility index (Phi) is 5.04. The maximum atomic E-state index is 13.1. The molecule has 1 aliphatic rings. The Morgan fingerprint density at radius 1 is 1.46 bits per heavy atom. The summed E-state index contributed by atoms with van der Waals surface area (Å²) >= 11 is 3.06. The van der Waals surface area contributed by atoms with Crippen molar-refractivity contribution in [3.8, 4) is 0 Å². The molecule has 10 heteroatoms. The van der Waals surface area contributed by atoms with Crippen LogP contribution in [0.4, 0.5) is 15.9 Å². The molecule has 3 rings (SSSR count). The second kappa shape index (κ2) is 7.39. The molecule has 0 spiro atoms. The first-order valence-electron chi connectivity index (χ1n) is 7.17. The lowest BCUT2D eigenvalue weighted by atomic mass is 9.85. The van der Waals surface area contributed by atoms with E-state index in [9.17, 15) is 9.18 Å². The molecule has 0 saturated heterocycles. The Hall–Kier alpha value is -2.49. The fraction of sp³-hybridized carbons (Fsp3) is 0.286. The second-order valence-corrected chi connectivity index (χ2v) is 6.03. The van der Waals surface area contributed by atoms with Crippen LogP contribution in [0.2, 0.25) is 0 Å². The maximum Gasteiger partial charge on any atom is 0.228 e. The highest BCUT2D eigenvalue weighted by atomic mass is 79.9. The summed E-state index contributed by atoms with van der Waals surface area (Å²) in [6.45, 7) is 0. The zero-order valence-corrected chi connectivity index (χ0v) is 13.9. The molecule has 8 nitrogen and oxygen atoms in total. The Balaban J connectivity index is 1.54. The van der Waals surface area contributed by atoms with Gasteiger partial charge in [-0.2, -0.15) is 5.48 Å². The van der Waals surface area contributed by atoms with Crippen molar-refractivity contribution < 1.29 is 18.8 Å². The van der Waals surface area contributed by atoms with Crippen LogP contribution in [-0.2, 0) is 9.73 Å². The van der Waals surface area contributed by atoms with E-state index >= 15 is 0 Å². The molecule has 1 amide bonds. The van der Waals surface area contributed by atoms with Crippen molar-refractivity contribution in [2.75, 3.05) is 10.8 Å². The number of hydrogen-bond acceptors (Lipinski definition) is 7. The maximum absolute atomic E-state index is 13.1. The average Bonchev–Trinajstić information content (AvgIpc) is 2.92. The number of carbonyl (C=O) groups is 1. The molecule has 0 radical (unpaired) electrons. The summed E-state index contributed by atoms with van der Waals surface area (Å²) in [7, 11) is 0. The first-order valence-corrected chi connectivity index (χ1v) is 7.96. The summed E-state index contributed by atoms with van der Waals surface area (Å²) in [6, 6.07) is 4.25. The summed E-state index contributed by atoms with van der Waals surface area (Å²) in [6.07, 6.45) is 4.04. The first kappa shape index (κ1) is 16.4. The van der Waals surface area contributed by atoms with Gasteiger partial charge in [-0.1, -0.05) is 11.6 Å². The second-order valence-electron chi connectivity index (χ2n) is 5.17. The number of oxime groups is 1. The molecule has 0 atom stereocenters. The summed E-state index contributed by atoms with van der Waals surface area (Å²) in [5.74, 6) is -0.295. The Bertz CT molecular complexity index is 763. The van der Waals surface area contributed by atoms with Crippen molar-refractivity contribution in [1.82, 2.24) is 10.3 Å². The van der Waals surface area contributed by atoms with Gasteiger partial charge in [0.1, 0.15) is 12.0 Å². The molecule has 1 aromatic carbocycles. The fourth-order valence-corrected chi connectivity index (χ4v) is 2.35. The molecule has 2 N–H and O–H groups in total. The molecule has 24 heavy (non-hydrogen) atoms. The van der Waals surface area contributed by atoms with E-state index in [2.05, 4.69) is 46.8 Å². The van der Waals surface area contributed by atoms with Gasteiger partial charge in [0, 0.05) is 5.92 Å². The van der Waals surface area contributed by atoms with E-state index in [1.807, 2.05) is 0 Å². The highest BCUT2D eigenvalue weighted by Crippen LogP contribution is 2.27. The van der Waals surface area contributed by atoms with Gasteiger partial charge in [-0.15, -0.1) is 0 Å². The number of rotatable bonds is 6. The summed E-state index contributed by atoms with van der Waals surface area (Å²) in [5, 5.41) is 13.5. The molecule has 1 heterocycles. The molecular weight excluding hydrogens is 385 g/mol. The van der Waals surface area contributed by atoms with Crippen LogP contribution >= 0.6 is 15.9 Å². The molecule has 0 unspecified atom stereocenters. The molecular formula is C14H13BrFN5O3. The van der Waals surface area contributed by atoms with E-state index in [-0.39, 0.29) is 29.2 Å². The third-order valence-electron chi connectivity index (χ3n) is 3.54. The Morgan fingerprint density at radius 2 is 2.29 bits per heavy atom. The number of carbonyl (C=O) groups excluding carboxylic acids is 1. The van der Waals surface area contributed by atoms with Gasteiger partial charge >= 0.3 is 0 Å². The third-order valence-corrected chi connectivity index (χ3v) is 4.15. The van der Waals surface area contributed by atoms with E-state index in [0.29, 0.717) is 10.2 Å². The zero-order chi connectivity index (χ0) is 16.9. The topological polar surface area (TPSA) is 102 Å². The number of hydrogen-bond donors (Lipinski definition) is 2. The lowest BCUT2D eigenvalue weighted by Gasteiger charge is -2.23. The van der Waals surface area contributed by atoms with Crippen molar-refractivity contribution in [3.05, 3.63) is 34.2 Å². The largest absolute Gasteiger partial charge is 0.306 e. The standard InChI is InChI=1S/C14H13BrFN5O3/c15-10-6-9(4-5-11(10)16)19-23-17-7-12-13(21-24-20-12)18-14(22)8-2-1-3-8/h4-8,19H,1-3H2,(H,18,21,22)/b17-7+. The average molecular weight is 398 g/mol. The van der Waals surface area contributed by atoms with Gasteiger partial charge in [-0.05, 0) is 57.3 Å². The quantitative estimate of drug-likeness (QED) is 0.573. The number of halogens is 2. The van der Waals surface area contributed by atoms with Crippen LogP contribution in [0.25, 0.3) is 0 Å². The molecule has 1 fully saturated rings. The molecule has 1 saturated carbocycles. The lowest BCUT2D eigenvalue weighted by molar-refractivity contribution is -0.122. The number of benzene rings is 1. The first-order chi connectivity index (χ1) is 11.6. The van der Waals surface area contributed by atoms with Gasteiger partial charge in [0.05, 0.1) is 10.2 Å². The minimum atomic E-state index is -0.385. The summed E-state index contributed by atoms with van der Waals surface area (Å²) in [5.41, 5.74) is 3.24. The van der Waals surface area contributed by atoms with Gasteiger partial charge in [0.25, 0.3) is 0 Å². The predicted octanol–water partition coefficient (Wildman–Crippen LogP) is 3.09. The lowest BCUT2D eigenvalue weighted by Crippen LogP contribution is -2.28. The third kappa shape index (κ3) is 3.88. The van der Waals surface area contributed by atoms with E-state index < -0.39 is 0 Å².